The molecular formula is C19H24N2O6S2. The second-order valence-electron chi connectivity index (χ2n) is 6.77. The van der Waals surface area contributed by atoms with Crippen molar-refractivity contribution in [1.82, 2.24) is 9.21 Å². The van der Waals surface area contributed by atoms with Crippen molar-refractivity contribution in [2.24, 2.45) is 0 Å². The van der Waals surface area contributed by atoms with Gasteiger partial charge < -0.3 is 14.6 Å². The molecule has 1 aromatic heterocycles. The molecule has 10 heteroatoms. The lowest BCUT2D eigenvalue weighted by Gasteiger charge is -2.34. The second-order valence-corrected chi connectivity index (χ2v) is 9.85. The highest BCUT2D eigenvalue weighted by Crippen LogP contribution is 2.31. The van der Waals surface area contributed by atoms with Gasteiger partial charge in [0.25, 0.3) is 10.0 Å². The van der Waals surface area contributed by atoms with Crippen LogP contribution in [0.1, 0.15) is 21.5 Å². The van der Waals surface area contributed by atoms with Crippen molar-refractivity contribution in [2.75, 3.05) is 40.4 Å². The predicted molar refractivity (Wildman–Crippen MR) is 110 cm³/mol. The van der Waals surface area contributed by atoms with Crippen molar-refractivity contribution in [3.8, 4) is 11.5 Å². The lowest BCUT2D eigenvalue weighted by molar-refractivity contribution is 0.0697. The molecule has 0 radical (unpaired) electrons. The Kier molecular flexibility index (Phi) is 6.47. The molecule has 29 heavy (non-hydrogen) atoms. The summed E-state index contributed by atoms with van der Waals surface area (Å²) in [5.41, 5.74) is 2.18. The molecule has 1 aliphatic heterocycles. The zero-order valence-electron chi connectivity index (χ0n) is 16.5. The molecule has 3 rings (SSSR count). The number of carbonyl (C=O) groups is 1. The van der Waals surface area contributed by atoms with Gasteiger partial charge in [-0.25, -0.2) is 13.2 Å². The molecule has 1 saturated heterocycles. The Morgan fingerprint density at radius 1 is 1.10 bits per heavy atom. The molecule has 0 bridgehead atoms. The number of thiophene rings is 1. The lowest BCUT2D eigenvalue weighted by Crippen LogP contribution is -2.48. The van der Waals surface area contributed by atoms with Crippen LogP contribution in [-0.2, 0) is 16.6 Å². The summed E-state index contributed by atoms with van der Waals surface area (Å²) in [6.45, 7) is 4.58. The molecule has 158 valence electrons. The van der Waals surface area contributed by atoms with Gasteiger partial charge >= 0.3 is 5.97 Å². The quantitative estimate of drug-likeness (QED) is 0.706. The highest BCUT2D eigenvalue weighted by Gasteiger charge is 2.30. The van der Waals surface area contributed by atoms with Gasteiger partial charge in [-0.3, -0.25) is 4.90 Å². The van der Waals surface area contributed by atoms with Crippen LogP contribution in [0.15, 0.2) is 27.8 Å². The molecule has 0 spiro atoms. The number of carboxylic acid groups (broad SMARTS) is 1. The number of rotatable bonds is 7. The zero-order valence-corrected chi connectivity index (χ0v) is 18.2. The molecule has 8 nitrogen and oxygen atoms in total. The summed E-state index contributed by atoms with van der Waals surface area (Å²) >= 11 is 0.942. The number of aromatic carboxylic acids is 1. The average molecular weight is 441 g/mol. The fourth-order valence-electron chi connectivity index (χ4n) is 3.25. The number of piperazine rings is 1. The smallest absolute Gasteiger partial charge is 0.336 e. The van der Waals surface area contributed by atoms with E-state index in [1.54, 1.807) is 14.2 Å². The number of carboxylic acids is 1. The molecule has 1 N–H and O–H groups in total. The average Bonchev–Trinajstić information content (AvgIpc) is 3.21. The highest BCUT2D eigenvalue weighted by molar-refractivity contribution is 7.91. The molecule has 0 amide bonds. The Hall–Kier alpha value is -2.14. The van der Waals surface area contributed by atoms with E-state index in [0.29, 0.717) is 44.2 Å². The highest BCUT2D eigenvalue weighted by atomic mass is 32.2. The Labute approximate surface area is 174 Å². The van der Waals surface area contributed by atoms with Crippen LogP contribution in [0.5, 0.6) is 11.5 Å². The van der Waals surface area contributed by atoms with Gasteiger partial charge in [-0.05, 0) is 36.2 Å². The third-order valence-electron chi connectivity index (χ3n) is 4.98. The van der Waals surface area contributed by atoms with Crippen molar-refractivity contribution in [3.05, 3.63) is 40.3 Å². The number of hydrogen-bond acceptors (Lipinski definition) is 7. The van der Waals surface area contributed by atoms with Crippen molar-refractivity contribution in [2.45, 2.75) is 17.7 Å². The van der Waals surface area contributed by atoms with Crippen molar-refractivity contribution in [1.29, 1.82) is 0 Å². The van der Waals surface area contributed by atoms with E-state index in [9.17, 15) is 13.2 Å². The number of methoxy groups -OCH3 is 2. The fraction of sp³-hybridized carbons (Fsp3) is 0.421. The minimum absolute atomic E-state index is 0.00357. The first-order chi connectivity index (χ1) is 13.8. The van der Waals surface area contributed by atoms with Crippen LogP contribution < -0.4 is 9.47 Å². The Bertz CT molecular complexity index is 994. The van der Waals surface area contributed by atoms with Gasteiger partial charge in [0.05, 0.1) is 19.8 Å². The Morgan fingerprint density at radius 2 is 1.72 bits per heavy atom. The summed E-state index contributed by atoms with van der Waals surface area (Å²) in [5, 5.41) is 10.4. The molecule has 0 atom stereocenters. The molecule has 1 aliphatic rings. The number of hydrogen-bond donors (Lipinski definition) is 1. The van der Waals surface area contributed by atoms with Crippen LogP contribution in [0, 0.1) is 6.92 Å². The maximum Gasteiger partial charge on any atom is 0.336 e. The molecule has 2 heterocycles. The largest absolute Gasteiger partial charge is 0.493 e. The van der Waals surface area contributed by atoms with Crippen molar-refractivity contribution in [3.63, 3.8) is 0 Å². The Morgan fingerprint density at radius 3 is 2.28 bits per heavy atom. The van der Waals surface area contributed by atoms with Crippen molar-refractivity contribution < 1.29 is 27.8 Å². The van der Waals surface area contributed by atoms with Gasteiger partial charge in [0.1, 0.15) is 4.21 Å². The molecule has 2 aromatic rings. The van der Waals surface area contributed by atoms with E-state index >= 15 is 0 Å². The van der Waals surface area contributed by atoms with Gasteiger partial charge in [-0.1, -0.05) is 0 Å². The van der Waals surface area contributed by atoms with Crippen LogP contribution >= 0.6 is 11.3 Å². The summed E-state index contributed by atoms with van der Waals surface area (Å²) in [5.74, 6) is 0.223. The summed E-state index contributed by atoms with van der Waals surface area (Å²) in [4.78, 5) is 13.2. The van der Waals surface area contributed by atoms with E-state index in [2.05, 4.69) is 4.90 Å². The molecule has 1 aromatic carbocycles. The van der Waals surface area contributed by atoms with E-state index in [-0.39, 0.29) is 9.77 Å². The summed E-state index contributed by atoms with van der Waals surface area (Å²) in [7, 11) is -0.475. The molecule has 1 fully saturated rings. The monoisotopic (exact) mass is 440 g/mol. The summed E-state index contributed by atoms with van der Waals surface area (Å²) < 4.78 is 37.8. The van der Waals surface area contributed by atoms with Gasteiger partial charge in [-0.2, -0.15) is 4.31 Å². The molecule has 0 unspecified atom stereocenters. The minimum Gasteiger partial charge on any atom is -0.493 e. The first-order valence-corrected chi connectivity index (χ1v) is 11.3. The minimum atomic E-state index is -3.67. The maximum atomic E-state index is 12.8. The summed E-state index contributed by atoms with van der Waals surface area (Å²) in [6, 6.07) is 5.11. The first kappa shape index (κ1) is 21.6. The van der Waals surface area contributed by atoms with Crippen LogP contribution in [0.2, 0.25) is 0 Å². The van der Waals surface area contributed by atoms with Crippen LogP contribution in [0.3, 0.4) is 0 Å². The SMILES string of the molecule is COc1cc(C)c(CN2CCN(S(=O)(=O)c3cc(C(=O)O)cs3)CC2)cc1OC. The number of nitrogens with zero attached hydrogens (tertiary/aromatic N) is 2. The standard InChI is InChI=1S/C19H24N2O6S2/c1-13-8-16(26-2)17(27-3)9-14(13)11-20-4-6-21(7-5-20)29(24,25)18-10-15(12-28-18)19(22)23/h8-10,12H,4-7,11H2,1-3H3,(H,22,23). The van der Waals surface area contributed by atoms with E-state index in [4.69, 9.17) is 14.6 Å². The normalized spacial score (nSPS) is 16.0. The fourth-order valence-corrected chi connectivity index (χ4v) is 5.98. The third kappa shape index (κ3) is 4.55. The van der Waals surface area contributed by atoms with E-state index < -0.39 is 16.0 Å². The van der Waals surface area contributed by atoms with E-state index in [1.807, 2.05) is 19.1 Å². The van der Waals surface area contributed by atoms with Crippen LogP contribution in [0.25, 0.3) is 0 Å². The van der Waals surface area contributed by atoms with Gasteiger partial charge in [0.15, 0.2) is 11.5 Å². The predicted octanol–water partition coefficient (Wildman–Crippen LogP) is 2.28. The van der Waals surface area contributed by atoms with Gasteiger partial charge in [0, 0.05) is 38.1 Å². The number of aryl methyl sites for hydroxylation is 1. The van der Waals surface area contributed by atoms with Crippen LogP contribution in [-0.4, -0.2) is 69.1 Å². The number of ether oxygens (including phenoxy) is 2. The van der Waals surface area contributed by atoms with E-state index in [0.717, 1.165) is 22.5 Å². The lowest BCUT2D eigenvalue weighted by atomic mass is 10.1. The van der Waals surface area contributed by atoms with E-state index in [1.165, 1.54) is 15.8 Å². The summed E-state index contributed by atoms with van der Waals surface area (Å²) in [6.07, 6.45) is 0. The first-order valence-electron chi connectivity index (χ1n) is 9.02. The zero-order chi connectivity index (χ0) is 21.2. The molecular weight excluding hydrogens is 416 g/mol. The second kappa shape index (κ2) is 8.70. The maximum absolute atomic E-state index is 12.8. The molecule has 0 aliphatic carbocycles. The molecule has 0 saturated carbocycles. The topological polar surface area (TPSA) is 96.4 Å². The van der Waals surface area contributed by atoms with Crippen LogP contribution in [0.4, 0.5) is 0 Å². The number of benzene rings is 1. The van der Waals surface area contributed by atoms with Crippen molar-refractivity contribution >= 4 is 27.3 Å². The van der Waals surface area contributed by atoms with Gasteiger partial charge in [0.2, 0.25) is 0 Å². The Balaban J connectivity index is 1.67. The number of sulfonamides is 1. The van der Waals surface area contributed by atoms with Gasteiger partial charge in [-0.15, -0.1) is 11.3 Å². The third-order valence-corrected chi connectivity index (χ3v) is 8.30.